The Balaban J connectivity index is 1.67. The van der Waals surface area contributed by atoms with Crippen molar-refractivity contribution < 1.29 is 8.42 Å². The lowest BCUT2D eigenvalue weighted by atomic mass is 10.1. The molecule has 0 radical (unpaired) electrons. The molecule has 1 aliphatic heterocycles. The largest absolute Gasteiger partial charge is 0.367 e. The first kappa shape index (κ1) is 14.2. The van der Waals surface area contributed by atoms with E-state index in [1.807, 2.05) is 0 Å². The highest BCUT2D eigenvalue weighted by Gasteiger charge is 2.27. The first-order chi connectivity index (χ1) is 10.1. The monoisotopic (exact) mass is 310 g/mol. The molecule has 0 atom stereocenters. The Morgan fingerprint density at radius 1 is 1.38 bits per heavy atom. The summed E-state index contributed by atoms with van der Waals surface area (Å²) in [6, 6.07) is 0.210. The van der Waals surface area contributed by atoms with Crippen LogP contribution < -0.4 is 5.32 Å². The molecule has 114 valence electrons. The first-order valence-electron chi connectivity index (χ1n) is 6.98. The zero-order valence-corrected chi connectivity index (χ0v) is 12.6. The topological polar surface area (TPSA) is 104 Å². The maximum atomic E-state index is 11.8. The van der Waals surface area contributed by atoms with E-state index in [2.05, 4.69) is 25.5 Å². The van der Waals surface area contributed by atoms with Crippen molar-refractivity contribution in [1.82, 2.24) is 24.5 Å². The molecular formula is C12H18N6O2S. The van der Waals surface area contributed by atoms with Crippen LogP contribution in [0.25, 0.3) is 11.0 Å². The van der Waals surface area contributed by atoms with Gasteiger partial charge in [0.25, 0.3) is 0 Å². The number of aromatic nitrogens is 4. The number of rotatable bonds is 4. The molecule has 0 aromatic carbocycles. The van der Waals surface area contributed by atoms with Crippen LogP contribution in [0, 0.1) is 0 Å². The third-order valence-corrected chi connectivity index (χ3v) is 5.68. The van der Waals surface area contributed by atoms with Gasteiger partial charge in [-0.2, -0.15) is 5.10 Å². The van der Waals surface area contributed by atoms with Crippen LogP contribution in [-0.4, -0.2) is 57.8 Å². The van der Waals surface area contributed by atoms with Gasteiger partial charge in [-0.05, 0) is 19.8 Å². The number of anilines is 1. The Hall–Kier alpha value is -1.74. The molecule has 3 heterocycles. The van der Waals surface area contributed by atoms with E-state index in [1.165, 1.54) is 6.33 Å². The van der Waals surface area contributed by atoms with Gasteiger partial charge in [0, 0.05) is 19.1 Å². The van der Waals surface area contributed by atoms with Crippen molar-refractivity contribution in [1.29, 1.82) is 0 Å². The molecule has 1 saturated heterocycles. The Labute approximate surface area is 123 Å². The summed E-state index contributed by atoms with van der Waals surface area (Å²) < 4.78 is 25.2. The molecule has 0 amide bonds. The normalized spacial score (nSPS) is 18.1. The lowest BCUT2D eigenvalue weighted by Gasteiger charge is -2.31. The molecule has 21 heavy (non-hydrogen) atoms. The van der Waals surface area contributed by atoms with Crippen LogP contribution in [0.2, 0.25) is 0 Å². The van der Waals surface area contributed by atoms with E-state index in [1.54, 1.807) is 17.4 Å². The summed E-state index contributed by atoms with van der Waals surface area (Å²) in [6.07, 6.45) is 4.71. The van der Waals surface area contributed by atoms with E-state index in [0.29, 0.717) is 18.7 Å². The molecule has 2 aromatic rings. The van der Waals surface area contributed by atoms with Crippen molar-refractivity contribution in [2.45, 2.75) is 25.8 Å². The predicted octanol–water partition coefficient (Wildman–Crippen LogP) is 0.579. The van der Waals surface area contributed by atoms with Gasteiger partial charge in [0.05, 0.1) is 17.3 Å². The summed E-state index contributed by atoms with van der Waals surface area (Å²) >= 11 is 0. The fraction of sp³-hybridized carbons (Fsp3) is 0.583. The van der Waals surface area contributed by atoms with Crippen LogP contribution in [0.1, 0.15) is 19.8 Å². The zero-order valence-electron chi connectivity index (χ0n) is 11.8. The quantitative estimate of drug-likeness (QED) is 0.856. The Morgan fingerprint density at radius 3 is 2.86 bits per heavy atom. The van der Waals surface area contributed by atoms with Gasteiger partial charge in [-0.1, -0.05) is 0 Å². The maximum Gasteiger partial charge on any atom is 0.213 e. The van der Waals surface area contributed by atoms with Gasteiger partial charge in [-0.15, -0.1) is 0 Å². The Kier molecular flexibility index (Phi) is 3.77. The number of nitrogens with one attached hydrogen (secondary N) is 2. The molecule has 1 aliphatic rings. The summed E-state index contributed by atoms with van der Waals surface area (Å²) in [6.45, 7) is 2.77. The van der Waals surface area contributed by atoms with Crippen molar-refractivity contribution in [2.75, 3.05) is 24.2 Å². The smallest absolute Gasteiger partial charge is 0.213 e. The number of piperidine rings is 1. The van der Waals surface area contributed by atoms with E-state index in [4.69, 9.17) is 0 Å². The average Bonchev–Trinajstić information content (AvgIpc) is 2.97. The van der Waals surface area contributed by atoms with Gasteiger partial charge in [-0.3, -0.25) is 5.10 Å². The van der Waals surface area contributed by atoms with Gasteiger partial charge in [-0.25, -0.2) is 22.7 Å². The highest BCUT2D eigenvalue weighted by atomic mass is 32.2. The van der Waals surface area contributed by atoms with Crippen LogP contribution in [0.4, 0.5) is 5.82 Å². The molecule has 0 saturated carbocycles. The summed E-state index contributed by atoms with van der Waals surface area (Å²) in [7, 11) is -3.08. The summed E-state index contributed by atoms with van der Waals surface area (Å²) in [5, 5.41) is 11.0. The number of sulfonamides is 1. The number of hydrogen-bond donors (Lipinski definition) is 2. The average molecular weight is 310 g/mol. The minimum atomic E-state index is -3.08. The lowest BCUT2D eigenvalue weighted by molar-refractivity contribution is 0.330. The van der Waals surface area contributed by atoms with Crippen LogP contribution in [0.5, 0.6) is 0 Å². The van der Waals surface area contributed by atoms with E-state index < -0.39 is 10.0 Å². The molecule has 9 heteroatoms. The molecule has 2 N–H and O–H groups in total. The van der Waals surface area contributed by atoms with Gasteiger partial charge in [0.15, 0.2) is 5.65 Å². The summed E-state index contributed by atoms with van der Waals surface area (Å²) in [5.41, 5.74) is 0.693. The molecule has 0 aliphatic carbocycles. The third kappa shape index (κ3) is 2.84. The Bertz CT molecular complexity index is 720. The highest BCUT2D eigenvalue weighted by molar-refractivity contribution is 7.89. The Morgan fingerprint density at radius 2 is 2.14 bits per heavy atom. The molecule has 0 spiro atoms. The fourth-order valence-corrected chi connectivity index (χ4v) is 3.67. The number of hydrogen-bond acceptors (Lipinski definition) is 6. The van der Waals surface area contributed by atoms with Crippen LogP contribution in [-0.2, 0) is 10.0 Å². The van der Waals surface area contributed by atoms with Crippen LogP contribution >= 0.6 is 0 Å². The minimum Gasteiger partial charge on any atom is -0.367 e. The molecule has 0 unspecified atom stereocenters. The second-order valence-corrected chi connectivity index (χ2v) is 7.33. The van der Waals surface area contributed by atoms with Gasteiger partial charge >= 0.3 is 0 Å². The minimum absolute atomic E-state index is 0.159. The van der Waals surface area contributed by atoms with E-state index in [-0.39, 0.29) is 11.8 Å². The zero-order chi connectivity index (χ0) is 14.9. The summed E-state index contributed by atoms with van der Waals surface area (Å²) in [5.74, 6) is 0.901. The number of H-pyrrole nitrogens is 1. The van der Waals surface area contributed by atoms with E-state index >= 15 is 0 Å². The molecular weight excluding hydrogens is 292 g/mol. The predicted molar refractivity (Wildman–Crippen MR) is 79.4 cm³/mol. The SMILES string of the molecule is CCS(=O)(=O)N1CCC(Nc2ncnc3[nH]ncc23)CC1. The second-order valence-electron chi connectivity index (χ2n) is 5.07. The van der Waals surface area contributed by atoms with Crippen molar-refractivity contribution >= 4 is 26.9 Å². The van der Waals surface area contributed by atoms with E-state index in [9.17, 15) is 8.42 Å². The highest BCUT2D eigenvalue weighted by Crippen LogP contribution is 2.21. The molecule has 3 rings (SSSR count). The van der Waals surface area contributed by atoms with Crippen molar-refractivity contribution in [3.8, 4) is 0 Å². The standard InChI is InChI=1S/C12H18N6O2S/c1-2-21(19,20)18-5-3-9(4-6-18)16-11-10-7-15-17-12(10)14-8-13-11/h7-9H,2-6H2,1H3,(H2,13,14,15,16,17). The third-order valence-electron chi connectivity index (χ3n) is 3.80. The van der Waals surface area contributed by atoms with Crippen molar-refractivity contribution in [3.05, 3.63) is 12.5 Å². The van der Waals surface area contributed by atoms with Gasteiger partial charge in [0.1, 0.15) is 12.1 Å². The molecule has 1 fully saturated rings. The van der Waals surface area contributed by atoms with E-state index in [0.717, 1.165) is 24.0 Å². The number of aromatic amines is 1. The van der Waals surface area contributed by atoms with Crippen molar-refractivity contribution in [3.63, 3.8) is 0 Å². The maximum absolute atomic E-state index is 11.8. The summed E-state index contributed by atoms with van der Waals surface area (Å²) in [4.78, 5) is 8.34. The molecule has 2 aromatic heterocycles. The van der Waals surface area contributed by atoms with Gasteiger partial charge in [0.2, 0.25) is 10.0 Å². The van der Waals surface area contributed by atoms with Crippen LogP contribution in [0.3, 0.4) is 0 Å². The lowest BCUT2D eigenvalue weighted by Crippen LogP contribution is -2.43. The van der Waals surface area contributed by atoms with Crippen molar-refractivity contribution in [2.24, 2.45) is 0 Å². The number of fused-ring (bicyclic) bond motifs is 1. The van der Waals surface area contributed by atoms with Crippen LogP contribution in [0.15, 0.2) is 12.5 Å². The molecule has 8 nitrogen and oxygen atoms in total. The fourth-order valence-electron chi connectivity index (χ4n) is 2.53. The number of nitrogens with zero attached hydrogens (tertiary/aromatic N) is 4. The second kappa shape index (κ2) is 5.57. The van der Waals surface area contributed by atoms with Gasteiger partial charge < -0.3 is 5.32 Å². The molecule has 0 bridgehead atoms. The first-order valence-corrected chi connectivity index (χ1v) is 8.59.